The predicted octanol–water partition coefficient (Wildman–Crippen LogP) is 4.03. The molecule has 0 spiro atoms. The molecule has 2 aromatic carbocycles. The molecule has 0 unspecified atom stereocenters. The highest BCUT2D eigenvalue weighted by Gasteiger charge is 2.24. The lowest BCUT2D eigenvalue weighted by Gasteiger charge is -2.13. The highest BCUT2D eigenvalue weighted by Crippen LogP contribution is 2.26. The lowest BCUT2D eigenvalue weighted by Crippen LogP contribution is -2.17. The lowest BCUT2D eigenvalue weighted by atomic mass is 10.0. The van der Waals surface area contributed by atoms with E-state index in [4.69, 9.17) is 16.3 Å². The standard InChI is InChI=1S/C19H14ClNO4S/c20-15-3-1-2-13(9-15)14(10-22)11-25-16-6-4-12(5-7-16)8-17-18(23)21-19(24)26-17/h1-10,14H,11H2,(H,21,23,24)/b17-8-/t14-/m1/s1. The number of hydrogen-bond acceptors (Lipinski definition) is 5. The van der Waals surface area contributed by atoms with Crippen LogP contribution in [0.4, 0.5) is 4.79 Å². The van der Waals surface area contributed by atoms with Crippen molar-refractivity contribution in [2.24, 2.45) is 0 Å². The first-order chi connectivity index (χ1) is 12.5. The van der Waals surface area contributed by atoms with Crippen LogP contribution in [0.5, 0.6) is 5.75 Å². The van der Waals surface area contributed by atoms with Crippen LogP contribution in [-0.2, 0) is 9.59 Å². The van der Waals surface area contributed by atoms with Crippen LogP contribution >= 0.6 is 23.4 Å². The van der Waals surface area contributed by atoms with E-state index in [1.165, 1.54) is 0 Å². The predicted molar refractivity (Wildman–Crippen MR) is 101 cm³/mol. The van der Waals surface area contributed by atoms with Crippen LogP contribution in [0.15, 0.2) is 53.4 Å². The Morgan fingerprint density at radius 2 is 1.92 bits per heavy atom. The largest absolute Gasteiger partial charge is 0.493 e. The van der Waals surface area contributed by atoms with Crippen molar-refractivity contribution in [1.29, 1.82) is 0 Å². The van der Waals surface area contributed by atoms with Gasteiger partial charge in [0.25, 0.3) is 11.1 Å². The quantitative estimate of drug-likeness (QED) is 0.598. The molecule has 0 radical (unpaired) electrons. The van der Waals surface area contributed by atoms with Crippen molar-refractivity contribution >= 4 is 46.9 Å². The fourth-order valence-electron chi connectivity index (χ4n) is 2.37. The Morgan fingerprint density at radius 3 is 2.54 bits per heavy atom. The molecule has 7 heteroatoms. The summed E-state index contributed by atoms with van der Waals surface area (Å²) in [6, 6.07) is 14.1. The number of carbonyl (C=O) groups is 3. The summed E-state index contributed by atoms with van der Waals surface area (Å²) < 4.78 is 5.68. The highest BCUT2D eigenvalue weighted by atomic mass is 35.5. The minimum absolute atomic E-state index is 0.192. The first kappa shape index (κ1) is 18.2. The third kappa shape index (κ3) is 4.53. The summed E-state index contributed by atoms with van der Waals surface area (Å²) in [7, 11) is 0. The van der Waals surface area contributed by atoms with Crippen LogP contribution in [0.3, 0.4) is 0 Å². The third-order valence-corrected chi connectivity index (χ3v) is 4.74. The van der Waals surface area contributed by atoms with E-state index < -0.39 is 11.8 Å². The number of imide groups is 1. The van der Waals surface area contributed by atoms with Crippen LogP contribution in [0.25, 0.3) is 6.08 Å². The van der Waals surface area contributed by atoms with Crippen LogP contribution in [0.1, 0.15) is 17.0 Å². The van der Waals surface area contributed by atoms with Gasteiger partial charge in [0.1, 0.15) is 18.6 Å². The topological polar surface area (TPSA) is 72.5 Å². The van der Waals surface area contributed by atoms with Gasteiger partial charge in [-0.25, -0.2) is 0 Å². The van der Waals surface area contributed by atoms with Gasteiger partial charge in [0, 0.05) is 5.02 Å². The van der Waals surface area contributed by atoms with E-state index in [2.05, 4.69) is 5.32 Å². The first-order valence-corrected chi connectivity index (χ1v) is 8.93. The van der Waals surface area contributed by atoms with E-state index in [1.54, 1.807) is 48.5 Å². The Bertz CT molecular complexity index is 879. The van der Waals surface area contributed by atoms with Gasteiger partial charge < -0.3 is 9.53 Å². The molecule has 1 saturated heterocycles. The maximum atomic E-state index is 11.5. The summed E-state index contributed by atoms with van der Waals surface area (Å²) in [6.07, 6.45) is 2.46. The molecule has 0 saturated carbocycles. The molecule has 1 aliphatic heterocycles. The van der Waals surface area contributed by atoms with Gasteiger partial charge in [-0.1, -0.05) is 35.9 Å². The summed E-state index contributed by atoms with van der Waals surface area (Å²) in [5.74, 6) is -0.212. The van der Waals surface area contributed by atoms with Crippen molar-refractivity contribution in [3.8, 4) is 5.75 Å². The smallest absolute Gasteiger partial charge is 0.290 e. The Kier molecular flexibility index (Phi) is 5.75. The summed E-state index contributed by atoms with van der Waals surface area (Å²) in [5, 5.41) is 2.40. The molecule has 0 aliphatic carbocycles. The molecule has 1 fully saturated rings. The molecular weight excluding hydrogens is 374 g/mol. The van der Waals surface area contributed by atoms with Crippen molar-refractivity contribution in [3.63, 3.8) is 0 Å². The van der Waals surface area contributed by atoms with Crippen molar-refractivity contribution in [2.75, 3.05) is 6.61 Å². The van der Waals surface area contributed by atoms with Crippen molar-refractivity contribution < 1.29 is 19.1 Å². The lowest BCUT2D eigenvalue weighted by molar-refractivity contribution is -0.115. The fraction of sp³-hybridized carbons (Fsp3) is 0.105. The molecule has 0 aromatic heterocycles. The van der Waals surface area contributed by atoms with Gasteiger partial charge in [-0.3, -0.25) is 14.9 Å². The maximum absolute atomic E-state index is 11.5. The summed E-state index contributed by atoms with van der Waals surface area (Å²) in [6.45, 7) is 0.192. The van der Waals surface area contributed by atoms with Gasteiger partial charge >= 0.3 is 0 Å². The number of thioether (sulfide) groups is 1. The molecule has 1 atom stereocenters. The van der Waals surface area contributed by atoms with E-state index in [0.717, 1.165) is 29.2 Å². The monoisotopic (exact) mass is 387 g/mol. The van der Waals surface area contributed by atoms with E-state index in [9.17, 15) is 14.4 Å². The van der Waals surface area contributed by atoms with Gasteiger partial charge in [-0.15, -0.1) is 0 Å². The number of hydrogen-bond donors (Lipinski definition) is 1. The van der Waals surface area contributed by atoms with Crippen molar-refractivity contribution in [3.05, 3.63) is 69.6 Å². The molecule has 2 aromatic rings. The molecule has 26 heavy (non-hydrogen) atoms. The Hall–Kier alpha value is -2.57. The average Bonchev–Trinajstić information content (AvgIpc) is 2.94. The van der Waals surface area contributed by atoms with E-state index >= 15 is 0 Å². The Labute approximate surface area is 159 Å². The van der Waals surface area contributed by atoms with Gasteiger partial charge in [0.15, 0.2) is 0 Å². The molecule has 2 amide bonds. The van der Waals surface area contributed by atoms with Gasteiger partial charge in [0.05, 0.1) is 10.8 Å². The maximum Gasteiger partial charge on any atom is 0.290 e. The molecule has 1 aliphatic rings. The second-order valence-electron chi connectivity index (χ2n) is 5.53. The second kappa shape index (κ2) is 8.21. The van der Waals surface area contributed by atoms with Crippen LogP contribution in [-0.4, -0.2) is 24.0 Å². The molecular formula is C19H14ClNO4S. The van der Waals surface area contributed by atoms with Gasteiger partial charge in [-0.05, 0) is 53.2 Å². The minimum Gasteiger partial charge on any atom is -0.493 e. The number of rotatable bonds is 6. The number of halogens is 1. The number of amides is 2. The van der Waals surface area contributed by atoms with E-state index in [-0.39, 0.29) is 11.8 Å². The average molecular weight is 388 g/mol. The summed E-state index contributed by atoms with van der Waals surface area (Å²) in [5.41, 5.74) is 1.56. The van der Waals surface area contributed by atoms with Gasteiger partial charge in [-0.2, -0.15) is 0 Å². The Morgan fingerprint density at radius 1 is 1.15 bits per heavy atom. The van der Waals surface area contributed by atoms with Gasteiger partial charge in [0.2, 0.25) is 0 Å². The normalized spacial score (nSPS) is 16.4. The Balaban J connectivity index is 1.64. The number of ether oxygens (including phenoxy) is 1. The van der Waals surface area contributed by atoms with Crippen LogP contribution < -0.4 is 10.1 Å². The second-order valence-corrected chi connectivity index (χ2v) is 6.98. The molecule has 3 rings (SSSR count). The highest BCUT2D eigenvalue weighted by molar-refractivity contribution is 8.18. The number of nitrogens with one attached hydrogen (secondary N) is 1. The number of benzene rings is 2. The summed E-state index contributed by atoms with van der Waals surface area (Å²) >= 11 is 6.83. The molecule has 132 valence electrons. The van der Waals surface area contributed by atoms with Crippen molar-refractivity contribution in [1.82, 2.24) is 5.32 Å². The van der Waals surface area contributed by atoms with E-state index in [0.29, 0.717) is 15.7 Å². The first-order valence-electron chi connectivity index (χ1n) is 7.73. The molecule has 1 N–H and O–H groups in total. The third-order valence-electron chi connectivity index (χ3n) is 3.69. The van der Waals surface area contributed by atoms with Crippen LogP contribution in [0, 0.1) is 0 Å². The fourth-order valence-corrected chi connectivity index (χ4v) is 3.25. The molecule has 5 nitrogen and oxygen atoms in total. The van der Waals surface area contributed by atoms with Crippen molar-refractivity contribution in [2.45, 2.75) is 5.92 Å². The minimum atomic E-state index is -0.417. The zero-order valence-corrected chi connectivity index (χ0v) is 15.0. The zero-order chi connectivity index (χ0) is 18.5. The number of aldehydes is 1. The molecule has 1 heterocycles. The SMILES string of the molecule is O=C[C@H](COc1ccc(/C=C2\SC(=O)NC2=O)cc1)c1cccc(Cl)c1. The van der Waals surface area contributed by atoms with Crippen LogP contribution in [0.2, 0.25) is 5.02 Å². The summed E-state index contributed by atoms with van der Waals surface area (Å²) in [4.78, 5) is 34.4. The number of carbonyl (C=O) groups excluding carboxylic acids is 3. The zero-order valence-electron chi connectivity index (χ0n) is 13.5. The molecule has 0 bridgehead atoms. The van der Waals surface area contributed by atoms with E-state index in [1.807, 2.05) is 6.07 Å².